The lowest BCUT2D eigenvalue weighted by molar-refractivity contribution is 0.512. The highest BCUT2D eigenvalue weighted by Crippen LogP contribution is 2.44. The van der Waals surface area contributed by atoms with Crippen molar-refractivity contribution in [2.75, 3.05) is 0 Å². The van der Waals surface area contributed by atoms with Crippen LogP contribution in [0.1, 0.15) is 169 Å². The SMILES string of the molecule is CC(C)(C)c1cc(Cc2cc(C(C)(C)C)cc(C(C)(C)C)c2C(C)(C)C)c(C(C)(C)C)c(C(C)(C)C)c1. The molecular formula is C37H60. The average molecular weight is 505 g/mol. The zero-order valence-electron chi connectivity index (χ0n) is 28.0. The van der Waals surface area contributed by atoms with Gasteiger partial charge in [0.25, 0.3) is 0 Å². The minimum Gasteiger partial charge on any atom is -0.0561 e. The smallest absolute Gasteiger partial charge is 0.00195 e. The largest absolute Gasteiger partial charge is 0.0561 e. The highest BCUT2D eigenvalue weighted by atomic mass is 14.4. The molecule has 0 unspecified atom stereocenters. The Morgan fingerprint density at radius 1 is 0.351 bits per heavy atom. The Hall–Kier alpha value is -1.56. The van der Waals surface area contributed by atoms with Crippen LogP contribution >= 0.6 is 0 Å². The maximum absolute atomic E-state index is 2.54. The minimum atomic E-state index is 0.0603. The van der Waals surface area contributed by atoms with Crippen LogP contribution in [0.5, 0.6) is 0 Å². The van der Waals surface area contributed by atoms with Gasteiger partial charge in [0.1, 0.15) is 0 Å². The first-order valence-electron chi connectivity index (χ1n) is 14.5. The van der Waals surface area contributed by atoms with Gasteiger partial charge in [0, 0.05) is 0 Å². The number of hydrogen-bond donors (Lipinski definition) is 0. The summed E-state index contributed by atoms with van der Waals surface area (Å²) in [4.78, 5) is 0. The standard InChI is InChI=1S/C37H60/c1-32(2,3)26-20-24(30(36(13,14)15)28(22-26)34(7,8)9)19-25-21-27(33(4,5)6)23-29(35(10,11)12)31(25)37(16,17)18/h20-23H,19H2,1-18H3. The van der Waals surface area contributed by atoms with Gasteiger partial charge in [-0.25, -0.2) is 0 Å². The van der Waals surface area contributed by atoms with Crippen molar-refractivity contribution < 1.29 is 0 Å². The van der Waals surface area contributed by atoms with E-state index in [1.807, 2.05) is 0 Å². The van der Waals surface area contributed by atoms with Crippen molar-refractivity contribution in [1.29, 1.82) is 0 Å². The van der Waals surface area contributed by atoms with Crippen LogP contribution < -0.4 is 0 Å². The molecule has 0 nitrogen and oxygen atoms in total. The Balaban J connectivity index is 3.11. The molecule has 2 aromatic rings. The fourth-order valence-corrected chi connectivity index (χ4v) is 5.71. The third kappa shape index (κ3) is 7.30. The molecule has 0 saturated heterocycles. The number of rotatable bonds is 2. The molecule has 0 aliphatic carbocycles. The number of hydrogen-bond acceptors (Lipinski definition) is 0. The van der Waals surface area contributed by atoms with Gasteiger partial charge in [0.2, 0.25) is 0 Å². The first kappa shape index (κ1) is 31.7. The maximum Gasteiger partial charge on any atom is -0.00195 e. The summed E-state index contributed by atoms with van der Waals surface area (Å²) in [5.74, 6) is 0. The number of benzene rings is 2. The Bertz CT molecular complexity index is 1020. The van der Waals surface area contributed by atoms with Crippen molar-refractivity contribution in [2.24, 2.45) is 0 Å². The molecule has 0 bridgehead atoms. The first-order valence-corrected chi connectivity index (χ1v) is 14.5. The third-order valence-corrected chi connectivity index (χ3v) is 7.67. The molecule has 0 N–H and O–H groups in total. The molecule has 0 aromatic heterocycles. The van der Waals surface area contributed by atoms with Crippen molar-refractivity contribution in [3.05, 3.63) is 68.8 Å². The molecule has 0 fully saturated rings. The molecule has 0 saturated carbocycles. The van der Waals surface area contributed by atoms with Gasteiger partial charge in [-0.3, -0.25) is 0 Å². The maximum atomic E-state index is 2.54. The summed E-state index contributed by atoms with van der Waals surface area (Å²) in [5.41, 5.74) is 12.4. The third-order valence-electron chi connectivity index (χ3n) is 7.67. The molecule has 0 aliphatic heterocycles. The van der Waals surface area contributed by atoms with Gasteiger partial charge in [-0.15, -0.1) is 0 Å². The quantitative estimate of drug-likeness (QED) is 0.381. The van der Waals surface area contributed by atoms with Crippen LogP contribution in [0.3, 0.4) is 0 Å². The molecule has 2 rings (SSSR count). The topological polar surface area (TPSA) is 0 Å². The average Bonchev–Trinajstić information content (AvgIpc) is 2.62. The van der Waals surface area contributed by atoms with Gasteiger partial charge in [-0.1, -0.05) is 149 Å². The molecule has 0 radical (unpaired) electrons. The normalized spacial score (nSPS) is 14.3. The molecule has 0 spiro atoms. The second-order valence-electron chi connectivity index (χ2n) is 17.8. The molecule has 0 aliphatic rings. The molecule has 0 heteroatoms. The lowest BCUT2D eigenvalue weighted by Gasteiger charge is -2.37. The highest BCUT2D eigenvalue weighted by molar-refractivity contribution is 5.54. The lowest BCUT2D eigenvalue weighted by Crippen LogP contribution is -2.28. The summed E-state index contributed by atoms with van der Waals surface area (Å²) in [6.07, 6.45) is 0.971. The van der Waals surface area contributed by atoms with Crippen molar-refractivity contribution in [3.63, 3.8) is 0 Å². The van der Waals surface area contributed by atoms with Gasteiger partial charge < -0.3 is 0 Å². The molecule has 208 valence electrons. The molecule has 0 amide bonds. The van der Waals surface area contributed by atoms with E-state index in [4.69, 9.17) is 0 Å². The van der Waals surface area contributed by atoms with Gasteiger partial charge in [0.05, 0.1) is 0 Å². The van der Waals surface area contributed by atoms with E-state index in [-0.39, 0.29) is 32.5 Å². The van der Waals surface area contributed by atoms with E-state index >= 15 is 0 Å². The van der Waals surface area contributed by atoms with Gasteiger partial charge in [0.15, 0.2) is 0 Å². The van der Waals surface area contributed by atoms with Gasteiger partial charge >= 0.3 is 0 Å². The van der Waals surface area contributed by atoms with Crippen molar-refractivity contribution in [1.82, 2.24) is 0 Å². The Morgan fingerprint density at radius 3 is 0.811 bits per heavy atom. The first-order chi connectivity index (χ1) is 16.1. The zero-order valence-corrected chi connectivity index (χ0v) is 28.0. The van der Waals surface area contributed by atoms with Crippen molar-refractivity contribution >= 4 is 0 Å². The minimum absolute atomic E-state index is 0.0603. The molecule has 37 heavy (non-hydrogen) atoms. The molecular weight excluding hydrogens is 444 g/mol. The lowest BCUT2D eigenvalue weighted by atomic mass is 9.67. The van der Waals surface area contributed by atoms with Crippen LogP contribution in [0.15, 0.2) is 24.3 Å². The summed E-state index contributed by atoms with van der Waals surface area (Å²) in [6, 6.07) is 10.1. The van der Waals surface area contributed by atoms with E-state index in [0.29, 0.717) is 0 Å². The van der Waals surface area contributed by atoms with E-state index in [9.17, 15) is 0 Å². The summed E-state index contributed by atoms with van der Waals surface area (Å²) >= 11 is 0. The highest BCUT2D eigenvalue weighted by Gasteiger charge is 2.33. The second-order valence-corrected chi connectivity index (χ2v) is 17.8. The summed E-state index contributed by atoms with van der Waals surface area (Å²) in [6.45, 7) is 42.8. The van der Waals surface area contributed by atoms with E-state index in [0.717, 1.165) is 6.42 Å². The van der Waals surface area contributed by atoms with E-state index in [1.165, 1.54) is 44.5 Å². The van der Waals surface area contributed by atoms with Gasteiger partial charge in [-0.05, 0) is 83.4 Å². The van der Waals surface area contributed by atoms with Crippen LogP contribution in [0, 0.1) is 0 Å². The van der Waals surface area contributed by atoms with Crippen LogP contribution in [0.25, 0.3) is 0 Å². The predicted octanol–water partition coefficient (Wildman–Crippen LogP) is 11.1. The van der Waals surface area contributed by atoms with Crippen LogP contribution in [0.4, 0.5) is 0 Å². The fourth-order valence-electron chi connectivity index (χ4n) is 5.71. The summed E-state index contributed by atoms with van der Waals surface area (Å²) < 4.78 is 0. The van der Waals surface area contributed by atoms with Crippen molar-refractivity contribution in [2.45, 2.75) is 164 Å². The molecule has 0 atom stereocenters. The van der Waals surface area contributed by atoms with Crippen LogP contribution in [0.2, 0.25) is 0 Å². The van der Waals surface area contributed by atoms with E-state index in [2.05, 4.69) is 149 Å². The monoisotopic (exact) mass is 504 g/mol. The zero-order chi connectivity index (χ0) is 29.2. The second kappa shape index (κ2) is 9.57. The van der Waals surface area contributed by atoms with Crippen LogP contribution in [-0.4, -0.2) is 0 Å². The van der Waals surface area contributed by atoms with Gasteiger partial charge in [-0.2, -0.15) is 0 Å². The van der Waals surface area contributed by atoms with Crippen molar-refractivity contribution in [3.8, 4) is 0 Å². The Labute approximate surface area is 232 Å². The summed E-state index contributed by atoms with van der Waals surface area (Å²) in [5, 5.41) is 0. The predicted molar refractivity (Wildman–Crippen MR) is 168 cm³/mol. The Kier molecular flexibility index (Phi) is 8.19. The molecule has 2 aromatic carbocycles. The summed E-state index contributed by atoms with van der Waals surface area (Å²) in [7, 11) is 0. The van der Waals surface area contributed by atoms with E-state index < -0.39 is 0 Å². The molecule has 0 heterocycles. The fraction of sp³-hybridized carbons (Fsp3) is 0.676. The Morgan fingerprint density at radius 2 is 0.622 bits per heavy atom. The van der Waals surface area contributed by atoms with Crippen LogP contribution in [-0.2, 0) is 38.9 Å². The van der Waals surface area contributed by atoms with E-state index in [1.54, 1.807) is 0 Å².